The lowest BCUT2D eigenvalue weighted by Gasteiger charge is -2.50. The largest absolute Gasteiger partial charge is 0.312 e. The molecule has 85 heavy (non-hydrogen) atoms. The van der Waals surface area contributed by atoms with Crippen LogP contribution in [0.5, 0.6) is 0 Å². The minimum atomic E-state index is -1.35. The monoisotopic (exact) mass is 1170 g/mol. The van der Waals surface area contributed by atoms with Crippen LogP contribution < -0.4 is 46.1 Å². The number of anilines is 9. The second-order valence-corrected chi connectivity index (χ2v) is 34.0. The first kappa shape index (κ1) is 38.3. The summed E-state index contributed by atoms with van der Waals surface area (Å²) in [6.45, 7) is 35.6. The van der Waals surface area contributed by atoms with Gasteiger partial charge < -0.3 is 14.7 Å². The van der Waals surface area contributed by atoms with Crippen molar-refractivity contribution < 1.29 is 26.0 Å². The van der Waals surface area contributed by atoms with Gasteiger partial charge in [-0.1, -0.05) is 187 Å². The predicted molar refractivity (Wildman–Crippen MR) is 376 cm³/mol. The van der Waals surface area contributed by atoms with Crippen molar-refractivity contribution in [1.82, 2.24) is 0 Å². The van der Waals surface area contributed by atoms with E-state index in [0.717, 1.165) is 0 Å². The SMILES string of the molecule is [2H]c1c([2H])c(C(C)(C)C)c([2H])c2c1B1c3sc4c([2H])c5c(c([2H])c4c3N(c3c([2H])c([2H])c(C(C)(C)C)c([2H])c3[2H])c3c([2H])c4c6c(c31)N2c1c([2H])c(C(C)(C)C)c([2H])c([2H])c1B6c1sc2c([2H])c3c(c([2H])c2c1N4c1c([2H])c([2H])c(C(C)(C)C)c([2H])c1[2H])C(C)(C)CCC3(C)C)C(C)(C)CCC5(C)C. The fraction of sp³-hybridized carbons (Fsp3) is 0.410. The van der Waals surface area contributed by atoms with Gasteiger partial charge in [-0.2, -0.15) is 0 Å². The number of fused-ring (bicyclic) bond motifs is 16. The van der Waals surface area contributed by atoms with E-state index in [0.29, 0.717) is 66.9 Å². The first-order valence-electron chi connectivity index (χ1n) is 40.0. The van der Waals surface area contributed by atoms with Crippen LogP contribution in [-0.2, 0) is 43.3 Å². The summed E-state index contributed by atoms with van der Waals surface area (Å²) < 4.78 is 203. The van der Waals surface area contributed by atoms with Crippen LogP contribution in [0.1, 0.15) is 235 Å². The van der Waals surface area contributed by atoms with E-state index in [1.807, 2.05) is 69.2 Å². The highest BCUT2D eigenvalue weighted by molar-refractivity contribution is 7.35. The van der Waals surface area contributed by atoms with Crippen molar-refractivity contribution in [1.29, 1.82) is 0 Å². The van der Waals surface area contributed by atoms with E-state index >= 15 is 0 Å². The average molecular weight is 1170 g/mol. The van der Waals surface area contributed by atoms with Gasteiger partial charge in [-0.15, -0.1) is 22.7 Å². The Hall–Kier alpha value is -6.01. The third kappa shape index (κ3) is 7.95. The van der Waals surface area contributed by atoms with Crippen molar-refractivity contribution in [3.05, 3.63) is 159 Å². The fourth-order valence-corrected chi connectivity index (χ4v) is 16.7. The molecule has 0 radical (unpaired) electrons. The van der Waals surface area contributed by atoms with Crippen LogP contribution in [0.2, 0.25) is 0 Å². The van der Waals surface area contributed by atoms with E-state index in [1.165, 1.54) is 32.5 Å². The standard InChI is InChI=1S/C78H87B2N3S2/c1-71(2,3)44-21-27-48(28-22-44)81-60-43-61-65-68-64(60)79(69-66(81)50-39-52-54(41-62(50)84-69)77(17,18)35-33-75(52,13)14)56-31-25-46(73(7,8)9)37-58(56)83(68)59-38-47(74(10,11)12)26-32-57(59)80(65)70-67(82(61)49-29-23-45(24-30-49)72(4,5)6)51-40-53-55(42-63(51)85-70)78(19,20)36-34-76(53,15)16/h21-32,37-43H,33-36H2,1-20H3/i21D,22D,23D,24D,25D,26D,27D,28D,29D,30D,31D,32D,37D,38D,39D,40D,41D,42D,43D. The molecular weight excluding hydrogens is 1060 g/mol. The van der Waals surface area contributed by atoms with Gasteiger partial charge in [0.25, 0.3) is 13.4 Å². The zero-order chi connectivity index (χ0) is 76.7. The maximum Gasteiger partial charge on any atom is 0.264 e. The average Bonchev–Trinajstić information content (AvgIpc) is 1.16. The molecule has 9 aromatic rings. The molecule has 2 aliphatic carbocycles. The molecule has 15 rings (SSSR count). The number of hydrogen-bond acceptors (Lipinski definition) is 5. The Morgan fingerprint density at radius 2 is 0.682 bits per heavy atom. The van der Waals surface area contributed by atoms with Crippen molar-refractivity contribution in [3.63, 3.8) is 0 Å². The van der Waals surface area contributed by atoms with Gasteiger partial charge in [0.1, 0.15) is 0 Å². The summed E-state index contributed by atoms with van der Waals surface area (Å²) in [4.78, 5) is 4.72. The number of thiophene rings is 2. The third-order valence-electron chi connectivity index (χ3n) is 19.6. The van der Waals surface area contributed by atoms with E-state index in [1.54, 1.807) is 46.4 Å². The van der Waals surface area contributed by atoms with Crippen LogP contribution in [-0.4, -0.2) is 13.4 Å². The molecule has 0 amide bonds. The van der Waals surface area contributed by atoms with Crippen molar-refractivity contribution in [3.8, 4) is 0 Å². The summed E-state index contributed by atoms with van der Waals surface area (Å²) in [6.07, 6.45) is 2.62. The summed E-state index contributed by atoms with van der Waals surface area (Å²) in [6, 6.07) is -5.49. The number of rotatable bonds is 2. The van der Waals surface area contributed by atoms with Crippen molar-refractivity contribution in [2.75, 3.05) is 14.7 Å². The van der Waals surface area contributed by atoms with Crippen LogP contribution >= 0.6 is 22.7 Å². The van der Waals surface area contributed by atoms with Gasteiger partial charge in [0.15, 0.2) is 0 Å². The second kappa shape index (κ2) is 17.4. The summed E-state index contributed by atoms with van der Waals surface area (Å²) >= 11 is 2.33. The van der Waals surface area contributed by atoms with E-state index in [-0.39, 0.29) is 166 Å². The van der Waals surface area contributed by atoms with Gasteiger partial charge in [0.2, 0.25) is 0 Å². The maximum atomic E-state index is 12.0. The predicted octanol–water partition coefficient (Wildman–Crippen LogP) is 18.7. The Balaban J connectivity index is 1.30. The summed E-state index contributed by atoms with van der Waals surface area (Å²) in [7, 11) is 0. The third-order valence-corrected chi connectivity index (χ3v) is 21.9. The molecule has 6 heterocycles. The summed E-state index contributed by atoms with van der Waals surface area (Å²) in [5, 5.41) is 0.384. The summed E-state index contributed by atoms with van der Waals surface area (Å²) in [5.74, 6) is 0. The van der Waals surface area contributed by atoms with Crippen LogP contribution in [0.15, 0.2) is 115 Å². The molecule has 0 atom stereocenters. The molecule has 0 spiro atoms. The molecule has 432 valence electrons. The second-order valence-electron chi connectivity index (χ2n) is 31.9. The molecule has 6 aliphatic rings. The molecule has 2 aromatic heterocycles. The molecule has 0 N–H and O–H groups in total. The molecule has 0 saturated carbocycles. The highest BCUT2D eigenvalue weighted by atomic mass is 32.1. The van der Waals surface area contributed by atoms with E-state index < -0.39 is 111 Å². The molecule has 0 saturated heterocycles. The van der Waals surface area contributed by atoms with Gasteiger partial charge in [0.05, 0.1) is 37.4 Å². The molecular formula is C78H87B2N3S2. The number of benzene rings is 7. The molecule has 3 nitrogen and oxygen atoms in total. The number of nitrogens with zero attached hydrogens (tertiary/aromatic N) is 3. The highest BCUT2D eigenvalue weighted by Crippen LogP contribution is 2.57. The zero-order valence-corrected chi connectivity index (χ0v) is 54.8. The molecule has 4 aliphatic heterocycles. The molecule has 7 aromatic carbocycles. The molecule has 0 unspecified atom stereocenters. The lowest BCUT2D eigenvalue weighted by atomic mass is 9.31. The fourth-order valence-electron chi connectivity index (χ4n) is 14.1. The first-order valence-corrected chi connectivity index (χ1v) is 32.1. The zero-order valence-electron chi connectivity index (χ0n) is 72.1. The Morgan fingerprint density at radius 3 is 1.01 bits per heavy atom. The van der Waals surface area contributed by atoms with Gasteiger partial charge in [-0.25, -0.2) is 0 Å². The smallest absolute Gasteiger partial charge is 0.264 e. The summed E-state index contributed by atoms with van der Waals surface area (Å²) in [5.41, 5.74) is -3.70. The van der Waals surface area contributed by atoms with Crippen molar-refractivity contribution >= 4 is 139 Å². The van der Waals surface area contributed by atoms with Crippen LogP contribution in [0.3, 0.4) is 0 Å². The molecule has 0 bridgehead atoms. The molecule has 7 heteroatoms. The lowest BCUT2D eigenvalue weighted by Crippen LogP contribution is -2.68. The van der Waals surface area contributed by atoms with Crippen molar-refractivity contribution in [2.45, 2.75) is 207 Å². The van der Waals surface area contributed by atoms with Crippen LogP contribution in [0, 0.1) is 0 Å². The van der Waals surface area contributed by atoms with E-state index in [4.69, 9.17) is 0 Å². The number of hydrogen-bond donors (Lipinski definition) is 0. The van der Waals surface area contributed by atoms with Gasteiger partial charge in [-0.3, -0.25) is 0 Å². The van der Waals surface area contributed by atoms with E-state index in [2.05, 4.69) is 27.7 Å². The topological polar surface area (TPSA) is 9.72 Å². The quantitative estimate of drug-likeness (QED) is 0.160. The van der Waals surface area contributed by atoms with Crippen molar-refractivity contribution in [2.24, 2.45) is 0 Å². The van der Waals surface area contributed by atoms with Crippen LogP contribution in [0.25, 0.3) is 20.2 Å². The lowest BCUT2D eigenvalue weighted by molar-refractivity contribution is 0.332. The Bertz CT molecular complexity index is 5150. The minimum absolute atomic E-state index is 0.0234. The Morgan fingerprint density at radius 1 is 0.365 bits per heavy atom. The van der Waals surface area contributed by atoms with Gasteiger partial charge >= 0.3 is 0 Å². The minimum Gasteiger partial charge on any atom is -0.312 e. The highest BCUT2D eigenvalue weighted by Gasteiger charge is 2.54. The maximum absolute atomic E-state index is 12.0. The van der Waals surface area contributed by atoms with Gasteiger partial charge in [0, 0.05) is 69.5 Å². The normalized spacial score (nSPS) is 21.6. The Kier molecular flexibility index (Phi) is 7.84. The van der Waals surface area contributed by atoms with Crippen LogP contribution in [0.4, 0.5) is 51.2 Å². The van der Waals surface area contributed by atoms with E-state index in [9.17, 15) is 26.0 Å². The molecule has 0 fully saturated rings. The Labute approximate surface area is 544 Å². The first-order chi connectivity index (χ1) is 47.7. The van der Waals surface area contributed by atoms with Gasteiger partial charge in [-0.05, 0) is 202 Å².